The minimum atomic E-state index is 0.571. The number of aryl methyl sites for hydroxylation is 2. The van der Waals surface area contributed by atoms with Crippen LogP contribution in [0.3, 0.4) is 0 Å². The summed E-state index contributed by atoms with van der Waals surface area (Å²) in [5, 5.41) is 4.48. The molecule has 5 heteroatoms. The van der Waals surface area contributed by atoms with Gasteiger partial charge < -0.3 is 4.42 Å². The van der Waals surface area contributed by atoms with Gasteiger partial charge in [0.1, 0.15) is 11.2 Å². The van der Waals surface area contributed by atoms with E-state index >= 15 is 0 Å². The average Bonchev–Trinajstić information content (AvgIpc) is 3.90. The van der Waals surface area contributed by atoms with Crippen molar-refractivity contribution in [3.05, 3.63) is 193 Å². The first-order valence-electron chi connectivity index (χ1n) is 22.7. The van der Waals surface area contributed by atoms with Gasteiger partial charge in [0.25, 0.3) is 0 Å². The van der Waals surface area contributed by atoms with Crippen LogP contribution in [0.25, 0.3) is 106 Å². The predicted octanol–water partition coefficient (Wildman–Crippen LogP) is 15.9. The molecule has 3 aromatic heterocycles. The molecular formula is C59H48N4O. The standard InChI is InChI=1S/C59H48N4O/c1-3-5-13-39-21-23-41(24-22-39)42-25-27-44(28-26-42)58-60-57(43-16-8-7-9-17-43)61-59(62-58)63-53-20-11-10-19-49(53)50-32-29-48(38-54(50)63)47-31-34-56-52(37-47)51-36-46(30-33-55(51)64-56)45-18-12-15-40(35-45)14-6-4-2/h7-12,15-38H,3-6,13-14H2,1-2H3. The van der Waals surface area contributed by atoms with Gasteiger partial charge in [0.2, 0.25) is 5.95 Å². The van der Waals surface area contributed by atoms with Crippen LogP contribution in [0.5, 0.6) is 0 Å². The van der Waals surface area contributed by atoms with Gasteiger partial charge in [-0.05, 0) is 107 Å². The molecule has 0 fully saturated rings. The van der Waals surface area contributed by atoms with Crippen LogP contribution in [-0.4, -0.2) is 19.5 Å². The monoisotopic (exact) mass is 828 g/mol. The highest BCUT2D eigenvalue weighted by atomic mass is 16.3. The summed E-state index contributed by atoms with van der Waals surface area (Å²) >= 11 is 0. The molecule has 3 heterocycles. The van der Waals surface area contributed by atoms with Crippen LogP contribution in [0, 0.1) is 0 Å². The molecule has 0 N–H and O–H groups in total. The number of rotatable bonds is 12. The Labute approximate surface area is 373 Å². The van der Waals surface area contributed by atoms with Crippen LogP contribution in [0.2, 0.25) is 0 Å². The van der Waals surface area contributed by atoms with Crippen molar-refractivity contribution in [2.24, 2.45) is 0 Å². The number of hydrogen-bond donors (Lipinski definition) is 0. The molecule has 5 nitrogen and oxygen atoms in total. The summed E-state index contributed by atoms with van der Waals surface area (Å²) in [6.45, 7) is 4.48. The Kier molecular flexibility index (Phi) is 10.4. The van der Waals surface area contributed by atoms with Crippen LogP contribution < -0.4 is 0 Å². The Hall–Kier alpha value is -7.63. The van der Waals surface area contributed by atoms with E-state index < -0.39 is 0 Å². The van der Waals surface area contributed by atoms with E-state index in [0.717, 1.165) is 84.4 Å². The molecule has 310 valence electrons. The molecule has 0 spiro atoms. The van der Waals surface area contributed by atoms with E-state index in [1.54, 1.807) is 0 Å². The number of nitrogens with zero attached hydrogens (tertiary/aromatic N) is 4. The smallest absolute Gasteiger partial charge is 0.238 e. The highest BCUT2D eigenvalue weighted by molar-refractivity contribution is 6.11. The number of para-hydroxylation sites is 1. The zero-order chi connectivity index (χ0) is 43.0. The lowest BCUT2D eigenvalue weighted by Crippen LogP contribution is -2.06. The first kappa shape index (κ1) is 39.2. The quantitative estimate of drug-likeness (QED) is 0.123. The zero-order valence-electron chi connectivity index (χ0n) is 36.3. The van der Waals surface area contributed by atoms with Crippen molar-refractivity contribution in [1.82, 2.24) is 19.5 Å². The second-order valence-electron chi connectivity index (χ2n) is 16.9. The van der Waals surface area contributed by atoms with Gasteiger partial charge in [-0.25, -0.2) is 4.98 Å². The molecule has 0 aliphatic carbocycles. The fraction of sp³-hybridized carbons (Fsp3) is 0.136. The van der Waals surface area contributed by atoms with Crippen LogP contribution >= 0.6 is 0 Å². The van der Waals surface area contributed by atoms with Gasteiger partial charge >= 0.3 is 0 Å². The van der Waals surface area contributed by atoms with Crippen LogP contribution in [-0.2, 0) is 12.8 Å². The first-order chi connectivity index (χ1) is 31.6. The summed E-state index contributed by atoms with van der Waals surface area (Å²) < 4.78 is 8.61. The number of fused-ring (bicyclic) bond motifs is 6. The van der Waals surface area contributed by atoms with E-state index in [1.165, 1.54) is 53.5 Å². The highest BCUT2D eigenvalue weighted by Gasteiger charge is 2.19. The summed E-state index contributed by atoms with van der Waals surface area (Å²) in [4.78, 5) is 15.6. The Morgan fingerprint density at radius 1 is 0.375 bits per heavy atom. The normalized spacial score (nSPS) is 11.7. The third kappa shape index (κ3) is 7.43. The van der Waals surface area contributed by atoms with Crippen molar-refractivity contribution in [3.63, 3.8) is 0 Å². The molecule has 8 aromatic carbocycles. The van der Waals surface area contributed by atoms with E-state index in [9.17, 15) is 0 Å². The van der Waals surface area contributed by atoms with Crippen LogP contribution in [0.4, 0.5) is 0 Å². The summed E-state index contributed by atoms with van der Waals surface area (Å²) in [5.41, 5.74) is 15.4. The van der Waals surface area contributed by atoms with Crippen LogP contribution in [0.1, 0.15) is 50.7 Å². The van der Waals surface area contributed by atoms with Crippen molar-refractivity contribution in [2.45, 2.75) is 52.4 Å². The van der Waals surface area contributed by atoms with Crippen molar-refractivity contribution < 1.29 is 4.42 Å². The van der Waals surface area contributed by atoms with Crippen LogP contribution in [0.15, 0.2) is 186 Å². The molecule has 0 aliphatic heterocycles. The molecule has 0 unspecified atom stereocenters. The molecule has 0 atom stereocenters. The SMILES string of the molecule is CCCCc1ccc(-c2ccc(-c3nc(-c4ccccc4)nc(-n4c5ccccc5c5ccc(-c6ccc7oc8ccc(-c9cccc(CCCC)c9)cc8c7c6)cc54)n3)cc2)cc1. The number of furan rings is 1. The molecular weight excluding hydrogens is 781 g/mol. The van der Waals surface area contributed by atoms with E-state index in [4.69, 9.17) is 19.4 Å². The minimum Gasteiger partial charge on any atom is -0.456 e. The molecule has 0 aliphatic rings. The summed E-state index contributed by atoms with van der Waals surface area (Å²) in [7, 11) is 0. The average molecular weight is 829 g/mol. The fourth-order valence-corrected chi connectivity index (χ4v) is 9.16. The number of hydrogen-bond acceptors (Lipinski definition) is 4. The fourth-order valence-electron chi connectivity index (χ4n) is 9.16. The maximum atomic E-state index is 6.41. The third-order valence-electron chi connectivity index (χ3n) is 12.7. The van der Waals surface area contributed by atoms with E-state index in [1.807, 2.05) is 18.2 Å². The first-order valence-corrected chi connectivity index (χ1v) is 22.7. The molecule has 0 amide bonds. The maximum absolute atomic E-state index is 6.41. The van der Waals surface area contributed by atoms with Crippen molar-refractivity contribution in [1.29, 1.82) is 0 Å². The molecule has 0 radical (unpaired) electrons. The van der Waals surface area contributed by atoms with E-state index in [2.05, 4.69) is 182 Å². The molecule has 0 bridgehead atoms. The van der Waals surface area contributed by atoms with E-state index in [0.29, 0.717) is 17.6 Å². The third-order valence-corrected chi connectivity index (χ3v) is 12.7. The lowest BCUT2D eigenvalue weighted by Gasteiger charge is -2.12. The Morgan fingerprint density at radius 2 is 0.891 bits per heavy atom. The largest absolute Gasteiger partial charge is 0.456 e. The second-order valence-corrected chi connectivity index (χ2v) is 16.9. The second kappa shape index (κ2) is 16.9. The Bertz CT molecular complexity index is 3450. The minimum absolute atomic E-state index is 0.571. The summed E-state index contributed by atoms with van der Waals surface area (Å²) in [6.07, 6.45) is 7.00. The lowest BCUT2D eigenvalue weighted by atomic mass is 9.98. The molecule has 64 heavy (non-hydrogen) atoms. The Morgan fingerprint density at radius 3 is 1.58 bits per heavy atom. The van der Waals surface area contributed by atoms with Gasteiger partial charge in [0.05, 0.1) is 11.0 Å². The molecule has 0 saturated carbocycles. The topological polar surface area (TPSA) is 56.7 Å². The zero-order valence-corrected chi connectivity index (χ0v) is 36.3. The van der Waals surface area contributed by atoms with Gasteiger partial charge in [-0.15, -0.1) is 0 Å². The Balaban J connectivity index is 1.02. The highest BCUT2D eigenvalue weighted by Crippen LogP contribution is 2.38. The van der Waals surface area contributed by atoms with Gasteiger partial charge in [-0.1, -0.05) is 172 Å². The molecule has 0 saturated heterocycles. The predicted molar refractivity (Wildman–Crippen MR) is 266 cm³/mol. The van der Waals surface area contributed by atoms with Crippen molar-refractivity contribution >= 4 is 43.7 Å². The lowest BCUT2D eigenvalue weighted by molar-refractivity contribution is 0.669. The number of benzene rings is 8. The number of unbranched alkanes of at least 4 members (excludes halogenated alkanes) is 2. The van der Waals surface area contributed by atoms with Gasteiger partial charge in [0, 0.05) is 32.7 Å². The van der Waals surface area contributed by atoms with E-state index in [-0.39, 0.29) is 0 Å². The van der Waals surface area contributed by atoms with Crippen molar-refractivity contribution in [3.8, 4) is 62.1 Å². The summed E-state index contributed by atoms with van der Waals surface area (Å²) in [5.74, 6) is 1.82. The van der Waals surface area contributed by atoms with Gasteiger partial charge in [-0.2, -0.15) is 9.97 Å². The van der Waals surface area contributed by atoms with Gasteiger partial charge in [-0.3, -0.25) is 4.57 Å². The number of aromatic nitrogens is 4. The van der Waals surface area contributed by atoms with Gasteiger partial charge in [0.15, 0.2) is 11.6 Å². The maximum Gasteiger partial charge on any atom is 0.238 e. The molecule has 11 aromatic rings. The summed E-state index contributed by atoms with van der Waals surface area (Å²) in [6, 6.07) is 65.1. The van der Waals surface area contributed by atoms with Crippen molar-refractivity contribution in [2.75, 3.05) is 0 Å². The molecule has 11 rings (SSSR count).